The summed E-state index contributed by atoms with van der Waals surface area (Å²) in [4.78, 5) is 11.0. The fraction of sp³-hybridized carbons (Fsp3) is 0.444. The number of hydrogen-bond donors (Lipinski definition) is 3. The van der Waals surface area contributed by atoms with Crippen LogP contribution in [0.1, 0.15) is 11.8 Å². The van der Waals surface area contributed by atoms with Crippen LogP contribution in [0.15, 0.2) is 9.85 Å². The smallest absolute Gasteiger partial charge is 0.404 e. The van der Waals surface area contributed by atoms with E-state index in [0.29, 0.717) is 10.6 Å². The number of hydrogen-bond acceptors (Lipinski definition) is 4. The van der Waals surface area contributed by atoms with Crippen LogP contribution < -0.4 is 10.1 Å². The molecular formula is C9H12BrNO4S. The predicted octanol–water partition coefficient (Wildman–Crippen LogP) is 2.04. The zero-order valence-corrected chi connectivity index (χ0v) is 11.0. The Morgan fingerprint density at radius 2 is 2.44 bits per heavy atom. The van der Waals surface area contributed by atoms with Crippen LogP contribution in [0, 0.1) is 0 Å². The molecular weight excluding hydrogens is 298 g/mol. The van der Waals surface area contributed by atoms with Crippen LogP contribution in [-0.4, -0.2) is 29.0 Å². The van der Waals surface area contributed by atoms with Gasteiger partial charge in [0.25, 0.3) is 0 Å². The van der Waals surface area contributed by atoms with Gasteiger partial charge in [-0.3, -0.25) is 0 Å². The van der Waals surface area contributed by atoms with Gasteiger partial charge in [0.15, 0.2) is 0 Å². The van der Waals surface area contributed by atoms with Crippen molar-refractivity contribution in [2.45, 2.75) is 19.6 Å². The largest absolute Gasteiger partial charge is 0.486 e. The van der Waals surface area contributed by atoms with Crippen molar-refractivity contribution in [3.8, 4) is 5.75 Å². The van der Waals surface area contributed by atoms with E-state index in [9.17, 15) is 4.79 Å². The molecule has 0 spiro atoms. The first kappa shape index (κ1) is 13.3. The normalized spacial score (nSPS) is 12.2. The number of thiophene rings is 1. The fourth-order valence-electron chi connectivity index (χ4n) is 1.07. The molecule has 0 saturated heterocycles. The van der Waals surface area contributed by atoms with Crippen molar-refractivity contribution in [2.24, 2.45) is 0 Å². The van der Waals surface area contributed by atoms with Crippen molar-refractivity contribution in [3.63, 3.8) is 0 Å². The third kappa shape index (κ3) is 3.66. The maximum Gasteiger partial charge on any atom is 0.404 e. The van der Waals surface area contributed by atoms with Crippen LogP contribution in [0.5, 0.6) is 5.75 Å². The Bertz CT molecular complexity index is 368. The number of halogens is 1. The highest BCUT2D eigenvalue weighted by Gasteiger charge is 2.14. The molecule has 0 aliphatic carbocycles. The summed E-state index contributed by atoms with van der Waals surface area (Å²) in [5.74, 6) is 0.576. The second kappa shape index (κ2) is 6.07. The van der Waals surface area contributed by atoms with Crippen molar-refractivity contribution in [1.29, 1.82) is 0 Å². The standard InChI is InChI=1S/C9H12BrNO4S/c1-5(2-11-9(13)14)15-8-6(10)4-16-7(8)3-12/h4-5,11-12H,2-3H2,1H3,(H,13,14)/t5-/m0/s1. The minimum Gasteiger partial charge on any atom is -0.486 e. The van der Waals surface area contributed by atoms with Gasteiger partial charge in [-0.05, 0) is 22.9 Å². The third-order valence-electron chi connectivity index (χ3n) is 1.78. The Labute approximate surface area is 105 Å². The van der Waals surface area contributed by atoms with Crippen LogP contribution in [0.2, 0.25) is 0 Å². The van der Waals surface area contributed by atoms with E-state index >= 15 is 0 Å². The lowest BCUT2D eigenvalue weighted by molar-refractivity contribution is 0.176. The summed E-state index contributed by atoms with van der Waals surface area (Å²) in [5.41, 5.74) is 0. The molecule has 3 N–H and O–H groups in total. The van der Waals surface area contributed by atoms with Gasteiger partial charge >= 0.3 is 6.09 Å². The average molecular weight is 310 g/mol. The Balaban J connectivity index is 2.57. The van der Waals surface area contributed by atoms with Crippen LogP contribution in [0.4, 0.5) is 4.79 Å². The Hall–Kier alpha value is -0.790. The Kier molecular flexibility index (Phi) is 5.04. The van der Waals surface area contributed by atoms with Gasteiger partial charge in [-0.25, -0.2) is 4.79 Å². The monoisotopic (exact) mass is 309 g/mol. The van der Waals surface area contributed by atoms with Crippen molar-refractivity contribution in [1.82, 2.24) is 5.32 Å². The molecule has 0 aliphatic heterocycles. The van der Waals surface area contributed by atoms with Crippen molar-refractivity contribution < 1.29 is 19.7 Å². The van der Waals surface area contributed by atoms with E-state index < -0.39 is 6.09 Å². The third-order valence-corrected chi connectivity index (χ3v) is 3.62. The summed E-state index contributed by atoms with van der Waals surface area (Å²) in [6.07, 6.45) is -1.38. The second-order valence-electron chi connectivity index (χ2n) is 3.11. The molecule has 7 heteroatoms. The predicted molar refractivity (Wildman–Crippen MR) is 64.1 cm³/mol. The molecule has 1 amide bonds. The molecule has 0 aromatic carbocycles. The number of carbonyl (C=O) groups is 1. The highest BCUT2D eigenvalue weighted by molar-refractivity contribution is 9.10. The van der Waals surface area contributed by atoms with Crippen LogP contribution in [-0.2, 0) is 6.61 Å². The Morgan fingerprint density at radius 1 is 1.75 bits per heavy atom. The molecule has 0 unspecified atom stereocenters. The number of aliphatic hydroxyl groups is 1. The summed E-state index contributed by atoms with van der Waals surface area (Å²) in [6.45, 7) is 1.86. The minimum atomic E-state index is -1.08. The van der Waals surface area contributed by atoms with E-state index in [1.165, 1.54) is 11.3 Å². The van der Waals surface area contributed by atoms with E-state index in [2.05, 4.69) is 21.2 Å². The minimum absolute atomic E-state index is 0.0926. The number of rotatable bonds is 5. The maximum atomic E-state index is 10.3. The molecule has 0 bridgehead atoms. The lowest BCUT2D eigenvalue weighted by Gasteiger charge is -2.15. The van der Waals surface area contributed by atoms with E-state index in [-0.39, 0.29) is 19.3 Å². The highest BCUT2D eigenvalue weighted by atomic mass is 79.9. The van der Waals surface area contributed by atoms with Gasteiger partial charge in [-0.2, -0.15) is 0 Å². The van der Waals surface area contributed by atoms with Gasteiger partial charge < -0.3 is 20.3 Å². The molecule has 5 nitrogen and oxygen atoms in total. The molecule has 0 radical (unpaired) electrons. The lowest BCUT2D eigenvalue weighted by atomic mass is 10.4. The zero-order valence-electron chi connectivity index (χ0n) is 8.57. The number of aliphatic hydroxyl groups excluding tert-OH is 1. The average Bonchev–Trinajstić information content (AvgIpc) is 2.57. The quantitative estimate of drug-likeness (QED) is 0.777. The molecule has 1 heterocycles. The van der Waals surface area contributed by atoms with Crippen molar-refractivity contribution in [2.75, 3.05) is 6.54 Å². The van der Waals surface area contributed by atoms with Crippen LogP contribution in [0.25, 0.3) is 0 Å². The van der Waals surface area contributed by atoms with Crippen molar-refractivity contribution in [3.05, 3.63) is 14.7 Å². The van der Waals surface area contributed by atoms with Crippen LogP contribution in [0.3, 0.4) is 0 Å². The van der Waals surface area contributed by atoms with Crippen LogP contribution >= 0.6 is 27.3 Å². The zero-order chi connectivity index (χ0) is 12.1. The van der Waals surface area contributed by atoms with Gasteiger partial charge in [-0.15, -0.1) is 11.3 Å². The number of carboxylic acid groups (broad SMARTS) is 1. The van der Waals surface area contributed by atoms with Gasteiger partial charge in [0.2, 0.25) is 0 Å². The lowest BCUT2D eigenvalue weighted by Crippen LogP contribution is -2.32. The van der Waals surface area contributed by atoms with E-state index in [1.54, 1.807) is 6.92 Å². The number of ether oxygens (including phenoxy) is 1. The summed E-state index contributed by atoms with van der Waals surface area (Å²) < 4.78 is 6.30. The summed E-state index contributed by atoms with van der Waals surface area (Å²) >= 11 is 4.69. The molecule has 90 valence electrons. The molecule has 16 heavy (non-hydrogen) atoms. The Morgan fingerprint density at radius 3 is 3.00 bits per heavy atom. The molecule has 0 saturated carbocycles. The maximum absolute atomic E-state index is 10.3. The van der Waals surface area contributed by atoms with E-state index in [4.69, 9.17) is 14.9 Å². The molecule has 0 fully saturated rings. The first-order chi connectivity index (χ1) is 7.54. The van der Waals surface area contributed by atoms with E-state index in [0.717, 1.165) is 4.47 Å². The molecule has 1 rings (SSSR count). The fourth-order valence-corrected chi connectivity index (χ4v) is 2.50. The second-order valence-corrected chi connectivity index (χ2v) is 4.93. The SMILES string of the molecule is C[C@@H](CNC(=O)O)Oc1c(Br)csc1CO. The first-order valence-electron chi connectivity index (χ1n) is 4.54. The molecule has 1 atom stereocenters. The topological polar surface area (TPSA) is 78.8 Å². The number of amides is 1. The van der Waals surface area contributed by atoms with Gasteiger partial charge in [-0.1, -0.05) is 0 Å². The summed E-state index contributed by atoms with van der Waals surface area (Å²) in [5, 5.41) is 21.5. The van der Waals surface area contributed by atoms with Gasteiger partial charge in [0.1, 0.15) is 11.9 Å². The van der Waals surface area contributed by atoms with E-state index in [1.807, 2.05) is 5.38 Å². The summed E-state index contributed by atoms with van der Waals surface area (Å²) in [6, 6.07) is 0. The first-order valence-corrected chi connectivity index (χ1v) is 6.22. The molecule has 1 aromatic rings. The molecule has 0 aliphatic rings. The summed E-state index contributed by atoms with van der Waals surface area (Å²) in [7, 11) is 0. The number of nitrogens with one attached hydrogen (secondary N) is 1. The van der Waals surface area contributed by atoms with Gasteiger partial charge in [0, 0.05) is 5.38 Å². The van der Waals surface area contributed by atoms with Crippen molar-refractivity contribution >= 4 is 33.4 Å². The highest BCUT2D eigenvalue weighted by Crippen LogP contribution is 2.35. The van der Waals surface area contributed by atoms with Gasteiger partial charge in [0.05, 0.1) is 22.5 Å². The molecule has 1 aromatic heterocycles.